The molecule has 20 heavy (non-hydrogen) atoms. The molecule has 1 aromatic carbocycles. The van der Waals surface area contributed by atoms with Gasteiger partial charge in [-0.05, 0) is 37.0 Å². The van der Waals surface area contributed by atoms with Crippen molar-refractivity contribution in [3.8, 4) is 0 Å². The molecule has 0 bridgehead atoms. The minimum absolute atomic E-state index is 0.104. The summed E-state index contributed by atoms with van der Waals surface area (Å²) in [6, 6.07) is 6.27. The van der Waals surface area contributed by atoms with Crippen LogP contribution in [-0.4, -0.2) is 31.0 Å². The topological polar surface area (TPSA) is 72.2 Å². The van der Waals surface area contributed by atoms with E-state index in [0.717, 1.165) is 17.9 Å². The van der Waals surface area contributed by atoms with Gasteiger partial charge in [0.15, 0.2) is 0 Å². The van der Waals surface area contributed by atoms with Crippen LogP contribution in [0.15, 0.2) is 29.2 Å². The first kappa shape index (κ1) is 17.4. The van der Waals surface area contributed by atoms with Gasteiger partial charge in [0.05, 0.1) is 4.90 Å². The van der Waals surface area contributed by atoms with E-state index in [4.69, 9.17) is 18.0 Å². The molecule has 0 radical (unpaired) electrons. The van der Waals surface area contributed by atoms with Gasteiger partial charge < -0.3 is 5.73 Å². The van der Waals surface area contributed by atoms with Crippen LogP contribution in [0.5, 0.6) is 0 Å². The van der Waals surface area contributed by atoms with Crippen molar-refractivity contribution in [1.82, 2.24) is 4.72 Å². The maximum Gasteiger partial charge on any atom is 0.240 e. The molecule has 0 aliphatic carbocycles. The van der Waals surface area contributed by atoms with Crippen LogP contribution in [-0.2, 0) is 10.0 Å². The minimum Gasteiger partial charge on any atom is -0.389 e. The van der Waals surface area contributed by atoms with Crippen LogP contribution < -0.4 is 10.5 Å². The second-order valence-electron chi connectivity index (χ2n) is 4.40. The summed E-state index contributed by atoms with van der Waals surface area (Å²) >= 11 is 6.66. The third-order valence-electron chi connectivity index (χ3n) is 2.68. The lowest BCUT2D eigenvalue weighted by Crippen LogP contribution is -2.33. The molecule has 1 atom stereocenters. The maximum absolute atomic E-state index is 12.2. The highest BCUT2D eigenvalue weighted by molar-refractivity contribution is 7.99. The van der Waals surface area contributed by atoms with E-state index >= 15 is 0 Å². The van der Waals surface area contributed by atoms with Gasteiger partial charge in [-0.1, -0.05) is 31.3 Å². The molecule has 0 saturated heterocycles. The van der Waals surface area contributed by atoms with Crippen LogP contribution in [0.25, 0.3) is 0 Å². The third kappa shape index (κ3) is 5.40. The highest BCUT2D eigenvalue weighted by atomic mass is 32.2. The van der Waals surface area contributed by atoms with E-state index < -0.39 is 10.0 Å². The Kier molecular flexibility index (Phi) is 6.94. The van der Waals surface area contributed by atoms with E-state index in [1.165, 1.54) is 12.1 Å². The minimum atomic E-state index is -3.53. The Balaban J connectivity index is 2.78. The number of nitrogens with two attached hydrogens (primary N) is 1. The van der Waals surface area contributed by atoms with Gasteiger partial charge in [0.25, 0.3) is 0 Å². The Bertz CT molecular complexity index is 558. The van der Waals surface area contributed by atoms with Gasteiger partial charge in [-0.25, -0.2) is 13.1 Å². The number of sulfonamides is 1. The van der Waals surface area contributed by atoms with E-state index in [0.29, 0.717) is 5.56 Å². The fraction of sp³-hybridized carbons (Fsp3) is 0.462. The first-order chi connectivity index (χ1) is 9.36. The highest BCUT2D eigenvalue weighted by Gasteiger charge is 2.17. The molecule has 1 rings (SSSR count). The lowest BCUT2D eigenvalue weighted by atomic mass is 10.2. The van der Waals surface area contributed by atoms with Crippen molar-refractivity contribution in [2.45, 2.75) is 31.2 Å². The van der Waals surface area contributed by atoms with Crippen LogP contribution >= 0.6 is 24.0 Å². The Morgan fingerprint density at radius 3 is 2.80 bits per heavy atom. The molecule has 0 saturated carbocycles. The van der Waals surface area contributed by atoms with Crippen molar-refractivity contribution in [3.63, 3.8) is 0 Å². The molecule has 4 nitrogen and oxygen atoms in total. The number of nitrogens with one attached hydrogen (secondary N) is 1. The van der Waals surface area contributed by atoms with Crippen molar-refractivity contribution in [3.05, 3.63) is 29.8 Å². The van der Waals surface area contributed by atoms with E-state index in [2.05, 4.69) is 11.6 Å². The van der Waals surface area contributed by atoms with Gasteiger partial charge in [-0.15, -0.1) is 0 Å². The predicted octanol–water partition coefficient (Wildman–Crippen LogP) is 2.13. The van der Waals surface area contributed by atoms with Crippen molar-refractivity contribution in [2.75, 3.05) is 11.5 Å². The lowest BCUT2D eigenvalue weighted by Gasteiger charge is -2.14. The summed E-state index contributed by atoms with van der Waals surface area (Å²) in [4.78, 5) is 0.382. The van der Waals surface area contributed by atoms with Crippen LogP contribution in [0.3, 0.4) is 0 Å². The van der Waals surface area contributed by atoms with E-state index in [9.17, 15) is 8.42 Å². The zero-order chi connectivity index (χ0) is 15.2. The molecule has 112 valence electrons. The summed E-state index contributed by atoms with van der Waals surface area (Å²) < 4.78 is 27.2. The number of thioether (sulfide) groups is 1. The molecule has 1 aromatic rings. The average molecular weight is 333 g/mol. The number of benzene rings is 1. The Labute approximate surface area is 130 Å². The normalized spacial score (nSPS) is 13.1. The molecule has 7 heteroatoms. The quantitative estimate of drug-likeness (QED) is 0.564. The zero-order valence-corrected chi connectivity index (χ0v) is 14.1. The summed E-state index contributed by atoms with van der Waals surface area (Å²) in [5.74, 6) is 1.97. The smallest absolute Gasteiger partial charge is 0.240 e. The molecule has 0 aliphatic rings. The molecule has 3 N–H and O–H groups in total. The van der Waals surface area contributed by atoms with Crippen molar-refractivity contribution < 1.29 is 8.42 Å². The van der Waals surface area contributed by atoms with Gasteiger partial charge in [-0.2, -0.15) is 11.8 Å². The Morgan fingerprint density at radius 1 is 1.50 bits per heavy atom. The molecule has 0 fully saturated rings. The number of hydrogen-bond donors (Lipinski definition) is 2. The van der Waals surface area contributed by atoms with Crippen molar-refractivity contribution in [1.29, 1.82) is 0 Å². The highest BCUT2D eigenvalue weighted by Crippen LogP contribution is 2.13. The SMILES string of the molecule is CCSCCC(C)NS(=O)(=O)c1cccc(C(N)=S)c1. The van der Waals surface area contributed by atoms with Gasteiger partial charge in [0, 0.05) is 11.6 Å². The monoisotopic (exact) mass is 332 g/mol. The molecule has 1 unspecified atom stereocenters. The van der Waals surface area contributed by atoms with Gasteiger partial charge in [-0.3, -0.25) is 0 Å². The van der Waals surface area contributed by atoms with Gasteiger partial charge in [0.2, 0.25) is 10.0 Å². The predicted molar refractivity (Wildman–Crippen MR) is 89.7 cm³/mol. The van der Waals surface area contributed by atoms with E-state index in [1.54, 1.807) is 23.9 Å². The van der Waals surface area contributed by atoms with Crippen LogP contribution in [0.2, 0.25) is 0 Å². The molecule has 0 amide bonds. The first-order valence-electron chi connectivity index (χ1n) is 6.36. The molecular weight excluding hydrogens is 312 g/mol. The average Bonchev–Trinajstić information content (AvgIpc) is 2.38. The third-order valence-corrected chi connectivity index (χ3v) is 5.44. The number of rotatable bonds is 8. The first-order valence-corrected chi connectivity index (χ1v) is 9.41. The molecule has 0 aliphatic heterocycles. The Morgan fingerprint density at radius 2 is 2.20 bits per heavy atom. The second-order valence-corrected chi connectivity index (χ2v) is 7.95. The summed E-state index contributed by atoms with van der Waals surface area (Å²) in [6.45, 7) is 3.95. The van der Waals surface area contributed by atoms with Crippen molar-refractivity contribution in [2.24, 2.45) is 5.73 Å². The number of thiocarbonyl (C=S) groups is 1. The van der Waals surface area contributed by atoms with Gasteiger partial charge in [0.1, 0.15) is 4.99 Å². The van der Waals surface area contributed by atoms with Crippen LogP contribution in [0.1, 0.15) is 25.8 Å². The van der Waals surface area contributed by atoms with Crippen LogP contribution in [0.4, 0.5) is 0 Å². The second kappa shape index (κ2) is 7.97. The van der Waals surface area contributed by atoms with E-state index in [1.807, 2.05) is 6.92 Å². The maximum atomic E-state index is 12.2. The van der Waals surface area contributed by atoms with E-state index in [-0.39, 0.29) is 15.9 Å². The molecular formula is C13H20N2O2S3. The standard InChI is InChI=1S/C13H20N2O2S3/c1-3-19-8-7-10(2)15-20(16,17)12-6-4-5-11(9-12)13(14)18/h4-6,9-10,15H,3,7-8H2,1-2H3,(H2,14,18). The molecule has 0 heterocycles. The lowest BCUT2D eigenvalue weighted by molar-refractivity contribution is 0.557. The molecule has 0 aromatic heterocycles. The molecule has 0 spiro atoms. The fourth-order valence-electron chi connectivity index (χ4n) is 1.61. The summed E-state index contributed by atoms with van der Waals surface area (Å²) in [6.07, 6.45) is 0.798. The van der Waals surface area contributed by atoms with Crippen molar-refractivity contribution >= 4 is 39.0 Å². The van der Waals surface area contributed by atoms with Gasteiger partial charge >= 0.3 is 0 Å². The summed E-state index contributed by atoms with van der Waals surface area (Å²) in [5, 5.41) is 0. The fourth-order valence-corrected chi connectivity index (χ4v) is 3.87. The Hall–Kier alpha value is -0.630. The van der Waals surface area contributed by atoms with Crippen LogP contribution in [0, 0.1) is 0 Å². The summed E-state index contributed by atoms with van der Waals surface area (Å²) in [7, 11) is -3.53. The largest absolute Gasteiger partial charge is 0.389 e. The number of hydrogen-bond acceptors (Lipinski definition) is 4. The summed E-state index contributed by atoms with van der Waals surface area (Å²) in [5.41, 5.74) is 6.07. The zero-order valence-electron chi connectivity index (χ0n) is 11.6.